The van der Waals surface area contributed by atoms with Crippen LogP contribution in [0.3, 0.4) is 0 Å². The Balaban J connectivity index is -0.000000180. The topological polar surface area (TPSA) is 90.5 Å². The molecule has 0 saturated carbocycles. The summed E-state index contributed by atoms with van der Waals surface area (Å²) < 4.78 is 12.7. The van der Waals surface area contributed by atoms with Crippen molar-refractivity contribution in [2.75, 3.05) is 0 Å². The fourth-order valence-corrected chi connectivity index (χ4v) is 0.160. The number of nitriles is 1. The van der Waals surface area contributed by atoms with Gasteiger partial charge in [-0.3, -0.25) is 9.79 Å². The van der Waals surface area contributed by atoms with Gasteiger partial charge in [-0.15, -0.1) is 5.26 Å². The van der Waals surface area contributed by atoms with E-state index in [9.17, 15) is 4.57 Å². The third-order valence-corrected chi connectivity index (χ3v) is 0.479. The molecule has 0 bridgehead atoms. The molecule has 0 aromatic heterocycles. The first-order valence-electron chi connectivity index (χ1n) is 1.19. The number of rotatable bonds is 1. The molecule has 0 rings (SSSR count). The Morgan fingerprint density at radius 3 is 2.12 bits per heavy atom. The van der Waals surface area contributed by atoms with Gasteiger partial charge in [0, 0.05) is 0 Å². The van der Waals surface area contributed by atoms with Gasteiger partial charge in [0.25, 0.3) is 6.26 Å². The smallest absolute Gasteiger partial charge is 1.00 e. The van der Waals surface area contributed by atoms with Crippen molar-refractivity contribution in [1.82, 2.24) is 0 Å². The first-order chi connectivity index (χ1) is 3.06. The molecule has 5 nitrogen and oxygen atoms in total. The molecule has 0 aromatic carbocycles. The van der Waals surface area contributed by atoms with Crippen LogP contribution in [-0.2, 0) is 9.09 Å². The van der Waals surface area contributed by atoms with Crippen molar-refractivity contribution in [3.8, 4) is 6.26 Å². The second-order valence-corrected chi connectivity index (χ2v) is 1.84. The zero-order chi connectivity index (χ0) is 5.91. The van der Waals surface area contributed by atoms with Crippen LogP contribution in [0.5, 0.6) is 0 Å². The molecule has 2 N–H and O–H groups in total. The van der Waals surface area contributed by atoms with E-state index in [0.29, 0.717) is 0 Å². The summed E-state index contributed by atoms with van der Waals surface area (Å²) in [6, 6.07) is 0. The molecule has 0 aliphatic carbocycles. The summed E-state index contributed by atoms with van der Waals surface area (Å²) in [6.45, 7) is 0. The predicted octanol–water partition coefficient (Wildman–Crippen LogP) is -3.31. The fourth-order valence-electron chi connectivity index (χ4n) is 0.0532. The fraction of sp³-hybridized carbons (Fsp3) is 0. The van der Waals surface area contributed by atoms with Gasteiger partial charge in [-0.2, -0.15) is 0 Å². The molecule has 0 fully saturated rings. The summed E-state index contributed by atoms with van der Waals surface area (Å²) in [5.74, 6) is 0. The maximum absolute atomic E-state index is 9.48. The molecule has 0 aromatic rings. The first-order valence-corrected chi connectivity index (χ1v) is 2.72. The average molecular weight is 131 g/mol. The molecule has 42 valence electrons. The zero-order valence-electron chi connectivity index (χ0n) is 5.11. The van der Waals surface area contributed by atoms with Crippen molar-refractivity contribution in [3.05, 3.63) is 0 Å². The molecule has 7 heteroatoms. The van der Waals surface area contributed by atoms with E-state index in [-0.39, 0.29) is 20.3 Å². The van der Waals surface area contributed by atoms with E-state index >= 15 is 0 Å². The van der Waals surface area contributed by atoms with Gasteiger partial charge in [0.15, 0.2) is 0 Å². The van der Waals surface area contributed by atoms with E-state index in [0.717, 1.165) is 6.26 Å². The Hall–Kier alpha value is 0.0374. The minimum Gasteiger partial charge on any atom is -1.00 e. The average Bonchev–Trinajstić information content (AvgIpc) is 1.30. The quantitative estimate of drug-likeness (QED) is 0.221. The largest absolute Gasteiger partial charge is 1.00 e. The first kappa shape index (κ1) is 10.9. The minimum absolute atomic E-state index is 0. The van der Waals surface area contributed by atoms with Crippen LogP contribution in [0.1, 0.15) is 1.43 Å². The van der Waals surface area contributed by atoms with Crippen LogP contribution < -0.4 is 18.9 Å². The third-order valence-electron chi connectivity index (χ3n) is 0.160. The molecule has 0 saturated heterocycles. The van der Waals surface area contributed by atoms with Crippen LogP contribution >= 0.6 is 7.82 Å². The molecule has 0 aliphatic heterocycles. The Bertz CT molecular complexity index is 138. The van der Waals surface area contributed by atoms with Crippen molar-refractivity contribution in [3.63, 3.8) is 0 Å². The van der Waals surface area contributed by atoms with Gasteiger partial charge in [0.2, 0.25) is 0 Å². The van der Waals surface area contributed by atoms with Crippen LogP contribution in [0.4, 0.5) is 0 Å². The summed E-state index contributed by atoms with van der Waals surface area (Å²) in [7, 11) is -4.53. The van der Waals surface area contributed by atoms with Crippen LogP contribution in [0, 0.1) is 11.5 Å². The van der Waals surface area contributed by atoms with Crippen LogP contribution in [0.2, 0.25) is 0 Å². The van der Waals surface area contributed by atoms with Crippen LogP contribution in [-0.4, -0.2) is 9.79 Å². The standard InChI is InChI=1S/CH2NO4P.Li.H/c2-1-6-7(3,4)5;;/h(H2,3,4,5);;/q;+1;-1. The van der Waals surface area contributed by atoms with Gasteiger partial charge in [0.05, 0.1) is 0 Å². The van der Waals surface area contributed by atoms with Crippen molar-refractivity contribution >= 4 is 7.82 Å². The number of hydrogen-bond acceptors (Lipinski definition) is 3. The summed E-state index contributed by atoms with van der Waals surface area (Å²) in [6.07, 6.45) is 0.845. The van der Waals surface area contributed by atoms with Gasteiger partial charge in [-0.1, -0.05) is 0 Å². The minimum atomic E-state index is -4.53. The Morgan fingerprint density at radius 1 is 1.75 bits per heavy atom. The van der Waals surface area contributed by atoms with Crippen molar-refractivity contribution in [2.45, 2.75) is 0 Å². The van der Waals surface area contributed by atoms with Crippen LogP contribution in [0.25, 0.3) is 0 Å². The summed E-state index contributed by atoms with van der Waals surface area (Å²) in [5.41, 5.74) is 0. The van der Waals surface area contributed by atoms with Crippen molar-refractivity contribution in [2.24, 2.45) is 0 Å². The maximum atomic E-state index is 9.48. The van der Waals surface area contributed by atoms with E-state index in [1.807, 2.05) is 0 Å². The van der Waals surface area contributed by atoms with E-state index in [1.165, 1.54) is 0 Å². The van der Waals surface area contributed by atoms with Crippen molar-refractivity contribution < 1.29 is 39.2 Å². The van der Waals surface area contributed by atoms with Gasteiger partial charge >= 0.3 is 26.7 Å². The second kappa shape index (κ2) is 3.97. The molecule has 8 heavy (non-hydrogen) atoms. The number of phosphoric ester groups is 1. The molecule has 0 amide bonds. The monoisotopic (exact) mass is 131 g/mol. The van der Waals surface area contributed by atoms with Crippen molar-refractivity contribution in [1.29, 1.82) is 5.26 Å². The number of hydrogen-bond donors (Lipinski definition) is 2. The molecule has 0 heterocycles. The number of phosphoric acid groups is 1. The summed E-state index contributed by atoms with van der Waals surface area (Å²) in [4.78, 5) is 15.4. The van der Waals surface area contributed by atoms with E-state index in [1.54, 1.807) is 0 Å². The zero-order valence-corrected chi connectivity index (χ0v) is 5.00. The van der Waals surface area contributed by atoms with E-state index < -0.39 is 7.82 Å². The molecule has 0 spiro atoms. The Morgan fingerprint density at radius 2 is 2.12 bits per heavy atom. The third kappa shape index (κ3) is 9.40. The normalized spacial score (nSPS) is 8.62. The van der Waals surface area contributed by atoms with Crippen LogP contribution in [0.15, 0.2) is 0 Å². The van der Waals surface area contributed by atoms with Gasteiger partial charge in [0.1, 0.15) is 0 Å². The summed E-state index contributed by atoms with van der Waals surface area (Å²) >= 11 is 0. The van der Waals surface area contributed by atoms with E-state index in [4.69, 9.17) is 15.0 Å². The predicted molar refractivity (Wildman–Crippen MR) is 19.9 cm³/mol. The molecule has 0 radical (unpaired) electrons. The van der Waals surface area contributed by atoms with Gasteiger partial charge in [-0.05, 0) is 0 Å². The molecular weight excluding hydrogens is 128 g/mol. The SMILES string of the molecule is N#COP(=O)(O)O.[H-].[Li+]. The second-order valence-electron chi connectivity index (χ2n) is 0.673. The summed E-state index contributed by atoms with van der Waals surface area (Å²) in [5, 5.41) is 7.44. The molecular formula is CH3LiNO4P. The van der Waals surface area contributed by atoms with Gasteiger partial charge in [-0.25, -0.2) is 4.57 Å². The van der Waals surface area contributed by atoms with Gasteiger partial charge < -0.3 is 5.95 Å². The Kier molecular flexibility index (Phi) is 5.42. The van der Waals surface area contributed by atoms with E-state index in [2.05, 4.69) is 4.52 Å². The molecule has 0 atom stereocenters. The molecule has 0 aliphatic rings. The molecule has 0 unspecified atom stereocenters. The Labute approximate surface area is 59.2 Å². The maximum Gasteiger partial charge on any atom is 1.00 e. The number of nitrogens with zero attached hydrogens (tertiary/aromatic N) is 1.